The molecule has 1 amide bonds. The minimum absolute atomic E-state index is 0.243. The van der Waals surface area contributed by atoms with Gasteiger partial charge in [-0.3, -0.25) is 4.79 Å². The van der Waals surface area contributed by atoms with E-state index in [1.54, 1.807) is 12.1 Å². The Morgan fingerprint density at radius 3 is 2.07 bits per heavy atom. The summed E-state index contributed by atoms with van der Waals surface area (Å²) in [4.78, 5) is 12.6. The molecule has 2 aromatic carbocycles. The van der Waals surface area contributed by atoms with Crippen molar-refractivity contribution in [1.29, 1.82) is 0 Å². The number of carbonyl (C=O) groups excluding carboxylic acids is 1. The maximum absolute atomic E-state index is 12.6. The maximum Gasteiger partial charge on any atom is 0.255 e. The Hall–Kier alpha value is -1.71. The summed E-state index contributed by atoms with van der Waals surface area (Å²) in [6, 6.07) is 11.6. The first kappa shape index (κ1) is 18.3. The smallest absolute Gasteiger partial charge is 0.255 e. The van der Waals surface area contributed by atoms with Crippen LogP contribution in [0, 0.1) is 17.8 Å². The molecule has 4 fully saturated rings. The van der Waals surface area contributed by atoms with E-state index in [0.717, 1.165) is 23.4 Å². The lowest BCUT2D eigenvalue weighted by atomic mass is 9.48. The van der Waals surface area contributed by atoms with Crippen LogP contribution in [0.2, 0.25) is 10.0 Å². The topological polar surface area (TPSA) is 55.1 Å². The van der Waals surface area contributed by atoms with E-state index in [1.807, 2.05) is 12.1 Å². The average Bonchev–Trinajstić information content (AvgIpc) is 2.65. The van der Waals surface area contributed by atoms with Gasteiger partial charge in [0.25, 0.3) is 5.91 Å². The molecule has 0 heterocycles. The fourth-order valence-corrected chi connectivity index (χ4v) is 6.65. The van der Waals surface area contributed by atoms with Gasteiger partial charge in [-0.2, -0.15) is 0 Å². The van der Waals surface area contributed by atoms with Crippen LogP contribution in [0.3, 0.4) is 0 Å². The van der Waals surface area contributed by atoms with Crippen LogP contribution in [0.15, 0.2) is 36.4 Å². The molecule has 2 aromatic rings. The molecule has 6 rings (SSSR count). The number of hydrogen-bond acceptors (Lipinski definition) is 2. The molecule has 0 aromatic heterocycles. The highest BCUT2D eigenvalue weighted by atomic mass is 35.5. The average molecular weight is 415 g/mol. The minimum Gasteiger partial charge on any atom is -0.397 e. The lowest BCUT2D eigenvalue weighted by molar-refractivity contribution is -0.00518. The van der Waals surface area contributed by atoms with E-state index < -0.39 is 0 Å². The monoisotopic (exact) mass is 414 g/mol. The summed E-state index contributed by atoms with van der Waals surface area (Å²) in [5.41, 5.74) is 9.12. The van der Waals surface area contributed by atoms with E-state index in [1.165, 1.54) is 44.1 Å². The van der Waals surface area contributed by atoms with Crippen LogP contribution < -0.4 is 11.1 Å². The zero-order valence-corrected chi connectivity index (χ0v) is 17.2. The van der Waals surface area contributed by atoms with Gasteiger partial charge in [0.2, 0.25) is 0 Å². The SMILES string of the molecule is Nc1cc(C(=O)Nc2ccc(C34CC5CC(CC(C5)C3)C4)cc2)cc(Cl)c1Cl. The fraction of sp³-hybridized carbons (Fsp3) is 0.435. The first-order chi connectivity index (χ1) is 13.4. The number of carbonyl (C=O) groups is 1. The maximum atomic E-state index is 12.6. The van der Waals surface area contributed by atoms with Gasteiger partial charge in [-0.05, 0) is 91.5 Å². The van der Waals surface area contributed by atoms with Crippen molar-refractivity contribution in [2.24, 2.45) is 17.8 Å². The van der Waals surface area contributed by atoms with E-state index in [9.17, 15) is 4.79 Å². The summed E-state index contributed by atoms with van der Waals surface area (Å²) in [7, 11) is 0. The highest BCUT2D eigenvalue weighted by molar-refractivity contribution is 6.44. The van der Waals surface area contributed by atoms with E-state index in [-0.39, 0.29) is 16.0 Å². The number of amides is 1. The Morgan fingerprint density at radius 2 is 1.54 bits per heavy atom. The number of hydrogen-bond donors (Lipinski definition) is 2. The van der Waals surface area contributed by atoms with Crippen molar-refractivity contribution in [3.63, 3.8) is 0 Å². The second-order valence-corrected chi connectivity index (χ2v) is 9.88. The molecule has 4 aliphatic carbocycles. The van der Waals surface area contributed by atoms with Gasteiger partial charge in [0.15, 0.2) is 0 Å². The molecule has 146 valence electrons. The molecule has 0 aliphatic heterocycles. The summed E-state index contributed by atoms with van der Waals surface area (Å²) in [6.45, 7) is 0. The standard InChI is InChI=1S/C23H24Cl2N2O/c24-19-8-16(9-20(26)21(19)25)22(28)27-18-3-1-17(2-4-18)23-10-13-5-14(11-23)7-15(6-13)12-23/h1-4,8-9,13-15H,5-7,10-12,26H2,(H,27,28). The lowest BCUT2D eigenvalue weighted by Crippen LogP contribution is -2.48. The number of halogens is 2. The number of nitrogen functional groups attached to an aromatic ring is 1. The normalized spacial score (nSPS) is 30.4. The third-order valence-corrected chi connectivity index (χ3v) is 7.93. The summed E-state index contributed by atoms with van der Waals surface area (Å²) in [6.07, 6.45) is 8.36. The molecular weight excluding hydrogens is 391 g/mol. The molecule has 4 aliphatic rings. The van der Waals surface area contributed by atoms with Crippen molar-refractivity contribution in [2.75, 3.05) is 11.1 Å². The number of benzene rings is 2. The first-order valence-electron chi connectivity index (χ1n) is 10.1. The van der Waals surface area contributed by atoms with Crippen LogP contribution in [-0.4, -0.2) is 5.91 Å². The van der Waals surface area contributed by atoms with Crippen LogP contribution in [-0.2, 0) is 5.41 Å². The highest BCUT2D eigenvalue weighted by Crippen LogP contribution is 2.60. The Kier molecular flexibility index (Phi) is 4.37. The van der Waals surface area contributed by atoms with Crippen molar-refractivity contribution >= 4 is 40.5 Å². The quantitative estimate of drug-likeness (QED) is 0.579. The summed E-state index contributed by atoms with van der Waals surface area (Å²) < 4.78 is 0. The Balaban J connectivity index is 1.34. The lowest BCUT2D eigenvalue weighted by Gasteiger charge is -2.57. The van der Waals surface area contributed by atoms with Crippen molar-refractivity contribution in [3.8, 4) is 0 Å². The van der Waals surface area contributed by atoms with Gasteiger partial charge < -0.3 is 11.1 Å². The van der Waals surface area contributed by atoms with Crippen LogP contribution in [0.25, 0.3) is 0 Å². The molecular formula is C23H24Cl2N2O. The number of nitrogens with two attached hydrogens (primary N) is 1. The van der Waals surface area contributed by atoms with Crippen LogP contribution in [0.5, 0.6) is 0 Å². The largest absolute Gasteiger partial charge is 0.397 e. The molecule has 0 spiro atoms. The van der Waals surface area contributed by atoms with E-state index >= 15 is 0 Å². The van der Waals surface area contributed by atoms with Crippen LogP contribution in [0.4, 0.5) is 11.4 Å². The second-order valence-electron chi connectivity index (χ2n) is 9.09. The molecule has 5 heteroatoms. The third kappa shape index (κ3) is 3.09. The molecule has 0 atom stereocenters. The molecule has 0 unspecified atom stereocenters. The highest BCUT2D eigenvalue weighted by Gasteiger charge is 2.51. The Labute approximate surface area is 175 Å². The van der Waals surface area contributed by atoms with Gasteiger partial charge in [-0.1, -0.05) is 35.3 Å². The predicted octanol–water partition coefficient (Wildman–Crippen LogP) is 6.30. The van der Waals surface area contributed by atoms with Crippen LogP contribution in [0.1, 0.15) is 54.4 Å². The number of nitrogens with one attached hydrogen (secondary N) is 1. The Morgan fingerprint density at radius 1 is 0.964 bits per heavy atom. The fourth-order valence-electron chi connectivity index (χ4n) is 6.32. The number of rotatable bonds is 3. The van der Waals surface area contributed by atoms with Crippen LogP contribution >= 0.6 is 23.2 Å². The zero-order valence-electron chi connectivity index (χ0n) is 15.7. The molecule has 3 N–H and O–H groups in total. The van der Waals surface area contributed by atoms with E-state index in [4.69, 9.17) is 28.9 Å². The molecule has 3 nitrogen and oxygen atoms in total. The summed E-state index contributed by atoms with van der Waals surface area (Å²) in [5.74, 6) is 2.52. The summed E-state index contributed by atoms with van der Waals surface area (Å²) >= 11 is 12.0. The van der Waals surface area contributed by atoms with Crippen molar-refractivity contribution in [1.82, 2.24) is 0 Å². The van der Waals surface area contributed by atoms with E-state index in [2.05, 4.69) is 17.4 Å². The first-order valence-corrected chi connectivity index (χ1v) is 10.8. The molecule has 0 saturated heterocycles. The number of anilines is 2. The molecule has 28 heavy (non-hydrogen) atoms. The molecule has 4 bridgehead atoms. The molecule has 4 saturated carbocycles. The van der Waals surface area contributed by atoms with E-state index in [0.29, 0.717) is 16.7 Å². The van der Waals surface area contributed by atoms with Crippen molar-refractivity contribution in [2.45, 2.75) is 43.9 Å². The van der Waals surface area contributed by atoms with Gasteiger partial charge in [0.1, 0.15) is 0 Å². The summed E-state index contributed by atoms with van der Waals surface area (Å²) in [5, 5.41) is 3.49. The van der Waals surface area contributed by atoms with Gasteiger partial charge in [-0.25, -0.2) is 0 Å². The zero-order chi connectivity index (χ0) is 19.5. The van der Waals surface area contributed by atoms with Gasteiger partial charge in [-0.15, -0.1) is 0 Å². The van der Waals surface area contributed by atoms with Crippen molar-refractivity contribution in [3.05, 3.63) is 57.6 Å². The predicted molar refractivity (Wildman–Crippen MR) is 115 cm³/mol. The minimum atomic E-state index is -0.243. The second kappa shape index (κ2) is 6.67. The van der Waals surface area contributed by atoms with Gasteiger partial charge in [0, 0.05) is 11.3 Å². The Bertz CT molecular complexity index is 880. The van der Waals surface area contributed by atoms with Gasteiger partial charge in [0.05, 0.1) is 15.7 Å². The molecule has 0 radical (unpaired) electrons. The van der Waals surface area contributed by atoms with Crippen molar-refractivity contribution < 1.29 is 4.79 Å². The van der Waals surface area contributed by atoms with Gasteiger partial charge >= 0.3 is 0 Å². The third-order valence-electron chi connectivity index (χ3n) is 7.11.